The van der Waals surface area contributed by atoms with E-state index in [1.54, 1.807) is 16.9 Å². The van der Waals surface area contributed by atoms with Crippen LogP contribution in [0.4, 0.5) is 5.95 Å². The highest BCUT2D eigenvalue weighted by atomic mass is 35.5. The van der Waals surface area contributed by atoms with Gasteiger partial charge in [-0.2, -0.15) is 10.1 Å². The van der Waals surface area contributed by atoms with E-state index in [-0.39, 0.29) is 16.5 Å². The highest BCUT2D eigenvalue weighted by Crippen LogP contribution is 2.32. The van der Waals surface area contributed by atoms with Gasteiger partial charge in [0, 0.05) is 30.9 Å². The molecule has 0 saturated heterocycles. The van der Waals surface area contributed by atoms with Gasteiger partial charge in [-0.1, -0.05) is 29.8 Å². The summed E-state index contributed by atoms with van der Waals surface area (Å²) in [5.41, 5.74) is 3.81. The SMILES string of the molecule is Cc1cccc(C)c1-c1cc(Oc2ccc(C(=O)O)c(Cl)c2)nc(NSc2cnn(C)c2)n1. The Kier molecular flexibility index (Phi) is 6.52. The Morgan fingerprint density at radius 1 is 1.15 bits per heavy atom. The fourth-order valence-electron chi connectivity index (χ4n) is 3.28. The molecule has 0 fully saturated rings. The van der Waals surface area contributed by atoms with Crippen LogP contribution in [0.2, 0.25) is 5.02 Å². The smallest absolute Gasteiger partial charge is 0.337 e. The monoisotopic (exact) mass is 481 g/mol. The minimum atomic E-state index is -1.11. The van der Waals surface area contributed by atoms with Crippen molar-refractivity contribution in [2.45, 2.75) is 18.7 Å². The molecular weight excluding hydrogens is 462 g/mol. The second kappa shape index (κ2) is 9.51. The summed E-state index contributed by atoms with van der Waals surface area (Å²) in [4.78, 5) is 21.3. The van der Waals surface area contributed by atoms with Gasteiger partial charge in [0.05, 0.1) is 27.4 Å². The lowest BCUT2D eigenvalue weighted by Crippen LogP contribution is -2.01. The zero-order valence-electron chi connectivity index (χ0n) is 18.0. The van der Waals surface area contributed by atoms with Crippen LogP contribution in [0.15, 0.2) is 59.8 Å². The quantitative estimate of drug-likeness (QED) is 0.321. The minimum Gasteiger partial charge on any atom is -0.478 e. The van der Waals surface area contributed by atoms with Gasteiger partial charge in [0.2, 0.25) is 11.8 Å². The average molecular weight is 482 g/mol. The summed E-state index contributed by atoms with van der Waals surface area (Å²) in [5.74, 6) is -0.102. The zero-order chi connectivity index (χ0) is 23.5. The molecule has 8 nitrogen and oxygen atoms in total. The first-order valence-corrected chi connectivity index (χ1v) is 11.1. The number of aromatic carboxylic acids is 1. The van der Waals surface area contributed by atoms with Crippen molar-refractivity contribution < 1.29 is 14.6 Å². The van der Waals surface area contributed by atoms with Gasteiger partial charge < -0.3 is 9.84 Å². The van der Waals surface area contributed by atoms with Crippen LogP contribution in [0, 0.1) is 13.8 Å². The van der Waals surface area contributed by atoms with Gasteiger partial charge in [0.1, 0.15) is 5.75 Å². The van der Waals surface area contributed by atoms with Crippen molar-refractivity contribution in [2.24, 2.45) is 7.05 Å². The number of hydrogen-bond donors (Lipinski definition) is 2. The van der Waals surface area contributed by atoms with Crippen molar-refractivity contribution in [3.05, 3.63) is 76.6 Å². The van der Waals surface area contributed by atoms with Crippen molar-refractivity contribution in [2.75, 3.05) is 4.72 Å². The van der Waals surface area contributed by atoms with E-state index < -0.39 is 5.97 Å². The topological polar surface area (TPSA) is 102 Å². The second-order valence-electron chi connectivity index (χ2n) is 7.28. The molecular formula is C23H20ClN5O3S. The minimum absolute atomic E-state index is 0.00171. The largest absolute Gasteiger partial charge is 0.478 e. The number of aromatic nitrogens is 4. The average Bonchev–Trinajstić information content (AvgIpc) is 3.17. The van der Waals surface area contributed by atoms with E-state index in [2.05, 4.69) is 19.8 Å². The lowest BCUT2D eigenvalue weighted by molar-refractivity contribution is 0.0697. The lowest BCUT2D eigenvalue weighted by Gasteiger charge is -2.13. The number of carbonyl (C=O) groups is 1. The molecule has 0 atom stereocenters. The molecule has 2 heterocycles. The molecule has 0 aliphatic heterocycles. The third-order valence-electron chi connectivity index (χ3n) is 4.77. The van der Waals surface area contributed by atoms with Crippen molar-refractivity contribution >= 4 is 35.5 Å². The molecule has 10 heteroatoms. The number of anilines is 1. The maximum atomic E-state index is 11.2. The summed E-state index contributed by atoms with van der Waals surface area (Å²) in [6.07, 6.45) is 3.60. The van der Waals surface area contributed by atoms with Gasteiger partial charge in [-0.05, 0) is 49.1 Å². The van der Waals surface area contributed by atoms with E-state index in [1.165, 1.54) is 30.1 Å². The van der Waals surface area contributed by atoms with E-state index in [1.807, 2.05) is 45.3 Å². The van der Waals surface area contributed by atoms with Crippen molar-refractivity contribution in [3.63, 3.8) is 0 Å². The summed E-state index contributed by atoms with van der Waals surface area (Å²) in [7, 11) is 1.84. The van der Waals surface area contributed by atoms with Crippen LogP contribution in [0.5, 0.6) is 11.6 Å². The standard InChI is InChI=1S/C23H20ClN5O3S/c1-13-5-4-6-14(2)21(13)19-10-20(32-15-7-8-17(22(30)31)18(24)9-15)27-23(26-19)28-33-16-11-25-29(3)12-16/h4-12H,1-3H3,(H,30,31)(H,26,27,28). The van der Waals surface area contributed by atoms with Crippen LogP contribution in [-0.4, -0.2) is 30.8 Å². The lowest BCUT2D eigenvalue weighted by atomic mass is 10.00. The maximum absolute atomic E-state index is 11.2. The molecule has 0 aliphatic rings. The summed E-state index contributed by atoms with van der Waals surface area (Å²) in [6.45, 7) is 4.04. The van der Waals surface area contributed by atoms with Crippen molar-refractivity contribution in [3.8, 4) is 22.9 Å². The zero-order valence-corrected chi connectivity index (χ0v) is 19.6. The molecule has 0 spiro atoms. The molecule has 0 amide bonds. The van der Waals surface area contributed by atoms with E-state index in [0.717, 1.165) is 21.6 Å². The summed E-state index contributed by atoms with van der Waals surface area (Å²) < 4.78 is 10.8. The van der Waals surface area contributed by atoms with Crippen LogP contribution >= 0.6 is 23.5 Å². The molecule has 168 valence electrons. The molecule has 2 aromatic heterocycles. The Morgan fingerprint density at radius 2 is 1.91 bits per heavy atom. The van der Waals surface area contributed by atoms with Gasteiger partial charge in [-0.3, -0.25) is 9.40 Å². The number of ether oxygens (including phenoxy) is 1. The maximum Gasteiger partial charge on any atom is 0.337 e. The number of nitrogens with one attached hydrogen (secondary N) is 1. The van der Waals surface area contributed by atoms with Crippen LogP contribution < -0.4 is 9.46 Å². The third kappa shape index (κ3) is 5.27. The van der Waals surface area contributed by atoms with E-state index in [0.29, 0.717) is 17.4 Å². The number of benzene rings is 2. The predicted molar refractivity (Wildman–Crippen MR) is 128 cm³/mol. The Balaban J connectivity index is 1.70. The summed E-state index contributed by atoms with van der Waals surface area (Å²) in [5, 5.41) is 13.4. The Hall–Kier alpha value is -3.56. The van der Waals surface area contributed by atoms with Crippen molar-refractivity contribution in [1.82, 2.24) is 19.7 Å². The fourth-order valence-corrected chi connectivity index (χ4v) is 4.14. The molecule has 2 aromatic carbocycles. The number of hydrogen-bond acceptors (Lipinski definition) is 7. The van der Waals surface area contributed by atoms with E-state index >= 15 is 0 Å². The molecule has 0 saturated carbocycles. The van der Waals surface area contributed by atoms with Crippen molar-refractivity contribution in [1.29, 1.82) is 0 Å². The number of aryl methyl sites for hydroxylation is 3. The molecule has 4 rings (SSSR count). The van der Waals surface area contributed by atoms with Gasteiger partial charge in [0.15, 0.2) is 0 Å². The molecule has 4 aromatic rings. The van der Waals surface area contributed by atoms with Crippen LogP contribution in [0.3, 0.4) is 0 Å². The van der Waals surface area contributed by atoms with Crippen LogP contribution in [-0.2, 0) is 7.05 Å². The van der Waals surface area contributed by atoms with Crippen LogP contribution in [0.25, 0.3) is 11.3 Å². The first-order valence-electron chi connectivity index (χ1n) is 9.88. The summed E-state index contributed by atoms with van der Waals surface area (Å²) in [6, 6.07) is 12.2. The van der Waals surface area contributed by atoms with Gasteiger partial charge in [0.25, 0.3) is 0 Å². The first kappa shape index (κ1) is 22.6. The molecule has 33 heavy (non-hydrogen) atoms. The molecule has 0 bridgehead atoms. The van der Waals surface area contributed by atoms with Crippen LogP contribution in [0.1, 0.15) is 21.5 Å². The predicted octanol–water partition coefficient (Wildman–Crippen LogP) is 5.76. The number of carboxylic acid groups (broad SMARTS) is 1. The normalized spacial score (nSPS) is 10.8. The molecule has 2 N–H and O–H groups in total. The second-order valence-corrected chi connectivity index (χ2v) is 8.57. The molecule has 0 unspecified atom stereocenters. The van der Waals surface area contributed by atoms with E-state index in [4.69, 9.17) is 16.3 Å². The number of rotatable bonds is 7. The molecule has 0 aliphatic carbocycles. The van der Waals surface area contributed by atoms with Gasteiger partial charge >= 0.3 is 5.97 Å². The van der Waals surface area contributed by atoms with E-state index in [9.17, 15) is 9.90 Å². The Morgan fingerprint density at radius 3 is 2.55 bits per heavy atom. The first-order chi connectivity index (χ1) is 15.8. The number of halogens is 1. The Bertz CT molecular complexity index is 1320. The summed E-state index contributed by atoms with van der Waals surface area (Å²) >= 11 is 7.42. The molecule has 0 radical (unpaired) electrons. The van der Waals surface area contributed by atoms with Gasteiger partial charge in [-0.25, -0.2) is 9.78 Å². The number of nitrogens with zero attached hydrogens (tertiary/aromatic N) is 4. The highest BCUT2D eigenvalue weighted by molar-refractivity contribution is 8.00. The fraction of sp³-hybridized carbons (Fsp3) is 0.130. The van der Waals surface area contributed by atoms with Gasteiger partial charge in [-0.15, -0.1) is 0 Å². The highest BCUT2D eigenvalue weighted by Gasteiger charge is 2.15. The number of carboxylic acids is 1. The Labute approximate surface area is 199 Å². The third-order valence-corrected chi connectivity index (χ3v) is 5.82.